The largest absolute Gasteiger partial charge is 0.356 e. The van der Waals surface area contributed by atoms with Gasteiger partial charge in [0.25, 0.3) is 0 Å². The lowest BCUT2D eigenvalue weighted by Gasteiger charge is -2.33. The van der Waals surface area contributed by atoms with Crippen LogP contribution in [0.1, 0.15) is 37.8 Å². The number of rotatable bonds is 6. The Morgan fingerprint density at radius 2 is 2.09 bits per heavy atom. The second-order valence-corrected chi connectivity index (χ2v) is 7.29. The molecule has 1 N–H and O–H groups in total. The van der Waals surface area contributed by atoms with Crippen LogP contribution in [0.2, 0.25) is 0 Å². The molecule has 1 aliphatic heterocycles. The second-order valence-electron chi connectivity index (χ2n) is 6.30. The quantitative estimate of drug-likeness (QED) is 0.489. The van der Waals surface area contributed by atoms with Crippen LogP contribution >= 0.6 is 11.8 Å². The topological polar surface area (TPSA) is 58.3 Å². The Kier molecular flexibility index (Phi) is 7.20. The average molecular weight is 339 g/mol. The van der Waals surface area contributed by atoms with E-state index in [1.165, 1.54) is 18.6 Å². The van der Waals surface area contributed by atoms with Crippen molar-refractivity contribution in [1.29, 1.82) is 0 Å². The van der Waals surface area contributed by atoms with E-state index in [1.54, 1.807) is 0 Å². The molecule has 0 aromatic carbocycles. The van der Waals surface area contributed by atoms with E-state index in [2.05, 4.69) is 33.6 Å². The molecule has 0 atom stereocenters. The molecule has 6 nitrogen and oxygen atoms in total. The molecule has 23 heavy (non-hydrogen) atoms. The average Bonchev–Trinajstić information content (AvgIpc) is 2.87. The fourth-order valence-corrected chi connectivity index (χ4v) is 3.07. The molecule has 0 unspecified atom stereocenters. The molecular formula is C16H30N6S. The van der Waals surface area contributed by atoms with E-state index < -0.39 is 0 Å². The first kappa shape index (κ1) is 18.1. The van der Waals surface area contributed by atoms with Gasteiger partial charge in [-0.3, -0.25) is 0 Å². The van der Waals surface area contributed by atoms with Gasteiger partial charge >= 0.3 is 0 Å². The van der Waals surface area contributed by atoms with Crippen molar-refractivity contribution in [2.24, 2.45) is 18.0 Å². The molecular weight excluding hydrogens is 308 g/mol. The molecule has 1 aliphatic rings. The van der Waals surface area contributed by atoms with E-state index in [1.807, 2.05) is 30.3 Å². The van der Waals surface area contributed by atoms with Crippen LogP contribution in [-0.4, -0.2) is 57.3 Å². The lowest BCUT2D eigenvalue weighted by Crippen LogP contribution is -2.45. The number of guanidine groups is 1. The maximum absolute atomic E-state index is 4.82. The van der Waals surface area contributed by atoms with E-state index in [-0.39, 0.29) is 0 Å². The van der Waals surface area contributed by atoms with Gasteiger partial charge in [-0.05, 0) is 44.1 Å². The number of hydrogen-bond acceptors (Lipinski definition) is 4. The van der Waals surface area contributed by atoms with Crippen molar-refractivity contribution in [2.45, 2.75) is 39.7 Å². The van der Waals surface area contributed by atoms with Crippen LogP contribution in [0.3, 0.4) is 0 Å². The van der Waals surface area contributed by atoms with Gasteiger partial charge in [-0.1, -0.05) is 6.92 Å². The number of thioether (sulfide) groups is 1. The molecule has 2 rings (SSSR count). The highest BCUT2D eigenvalue weighted by Crippen LogP contribution is 2.16. The normalized spacial score (nSPS) is 16.9. The highest BCUT2D eigenvalue weighted by atomic mass is 32.2. The van der Waals surface area contributed by atoms with Crippen LogP contribution in [0.25, 0.3) is 0 Å². The van der Waals surface area contributed by atoms with E-state index in [4.69, 9.17) is 4.99 Å². The number of nitrogens with one attached hydrogen (secondary N) is 1. The Hall–Kier alpha value is -1.24. The smallest absolute Gasteiger partial charge is 0.194 e. The molecule has 0 radical (unpaired) electrons. The molecule has 0 saturated carbocycles. The summed E-state index contributed by atoms with van der Waals surface area (Å²) in [6, 6.07) is 0. The summed E-state index contributed by atoms with van der Waals surface area (Å²) in [4.78, 5) is 7.21. The van der Waals surface area contributed by atoms with Gasteiger partial charge in [-0.25, -0.2) is 4.99 Å². The van der Waals surface area contributed by atoms with E-state index in [0.717, 1.165) is 49.6 Å². The zero-order chi connectivity index (χ0) is 16.7. The van der Waals surface area contributed by atoms with Crippen molar-refractivity contribution in [2.75, 3.05) is 31.6 Å². The highest BCUT2D eigenvalue weighted by Gasteiger charge is 2.19. The molecule has 0 amide bonds. The summed E-state index contributed by atoms with van der Waals surface area (Å²) < 4.78 is 2.01. The van der Waals surface area contributed by atoms with Crippen molar-refractivity contribution in [3.8, 4) is 0 Å². The van der Waals surface area contributed by atoms with Crippen molar-refractivity contribution < 1.29 is 0 Å². The lowest BCUT2D eigenvalue weighted by molar-refractivity contribution is 0.273. The maximum atomic E-state index is 4.82. The molecule has 1 aromatic heterocycles. The minimum absolute atomic E-state index is 0.578. The van der Waals surface area contributed by atoms with Crippen molar-refractivity contribution in [3.63, 3.8) is 0 Å². The van der Waals surface area contributed by atoms with Gasteiger partial charge < -0.3 is 14.8 Å². The Labute approximate surface area is 144 Å². The first-order valence-electron chi connectivity index (χ1n) is 8.49. The molecule has 0 aliphatic carbocycles. The van der Waals surface area contributed by atoms with Crippen LogP contribution in [-0.2, 0) is 13.6 Å². The number of hydrogen-bond donors (Lipinski definition) is 1. The Bertz CT molecular complexity index is 505. The summed E-state index contributed by atoms with van der Waals surface area (Å²) in [6.45, 7) is 8.04. The van der Waals surface area contributed by atoms with Crippen molar-refractivity contribution in [3.05, 3.63) is 11.6 Å². The summed E-state index contributed by atoms with van der Waals surface area (Å²) in [5.41, 5.74) is 0. The minimum atomic E-state index is 0.578. The predicted octanol–water partition coefficient (Wildman–Crippen LogP) is 2.05. The Morgan fingerprint density at radius 3 is 2.70 bits per heavy atom. The third kappa shape index (κ3) is 5.41. The molecule has 0 bridgehead atoms. The maximum Gasteiger partial charge on any atom is 0.194 e. The van der Waals surface area contributed by atoms with Gasteiger partial charge in [-0.15, -0.1) is 10.2 Å². The number of nitrogens with zero attached hydrogens (tertiary/aromatic N) is 5. The third-order valence-electron chi connectivity index (χ3n) is 4.44. The number of aliphatic imine (C=N–C) groups is 1. The van der Waals surface area contributed by atoms with Crippen LogP contribution in [0.4, 0.5) is 0 Å². The molecule has 2 heterocycles. The van der Waals surface area contributed by atoms with E-state index >= 15 is 0 Å². The van der Waals surface area contributed by atoms with Gasteiger partial charge in [0.2, 0.25) is 0 Å². The molecule has 130 valence electrons. The Balaban J connectivity index is 1.99. The minimum Gasteiger partial charge on any atom is -0.356 e. The third-order valence-corrected chi connectivity index (χ3v) is 5.14. The first-order chi connectivity index (χ1) is 11.1. The summed E-state index contributed by atoms with van der Waals surface area (Å²) in [6.07, 6.45) is 5.80. The SMILES string of the molecule is CSCCCNC(=NCc1nnc(C)n1C)N1CCC(C)CC1. The monoisotopic (exact) mass is 338 g/mol. The van der Waals surface area contributed by atoms with Crippen LogP contribution in [0, 0.1) is 12.8 Å². The summed E-state index contributed by atoms with van der Waals surface area (Å²) >= 11 is 1.89. The molecule has 1 saturated heterocycles. The van der Waals surface area contributed by atoms with E-state index in [9.17, 15) is 0 Å². The summed E-state index contributed by atoms with van der Waals surface area (Å²) in [5, 5.41) is 11.9. The zero-order valence-corrected chi connectivity index (χ0v) is 15.7. The van der Waals surface area contributed by atoms with Gasteiger partial charge in [0.05, 0.1) is 0 Å². The zero-order valence-electron chi connectivity index (χ0n) is 14.9. The molecule has 1 fully saturated rings. The molecule has 0 spiro atoms. The summed E-state index contributed by atoms with van der Waals surface area (Å²) in [5.74, 6) is 4.87. The fraction of sp³-hybridized carbons (Fsp3) is 0.812. The number of piperidine rings is 1. The van der Waals surface area contributed by atoms with E-state index in [0.29, 0.717) is 6.54 Å². The standard InChI is InChI=1S/C16H30N6S/c1-13-6-9-22(10-7-13)16(17-8-5-11-23-4)18-12-15-20-19-14(2)21(15)3/h13H,5-12H2,1-4H3,(H,17,18). The Morgan fingerprint density at radius 1 is 1.35 bits per heavy atom. The number of aromatic nitrogens is 3. The highest BCUT2D eigenvalue weighted by molar-refractivity contribution is 7.98. The van der Waals surface area contributed by atoms with Crippen molar-refractivity contribution in [1.82, 2.24) is 25.0 Å². The predicted molar refractivity (Wildman–Crippen MR) is 97.9 cm³/mol. The number of aryl methyl sites for hydroxylation is 1. The van der Waals surface area contributed by atoms with Crippen LogP contribution < -0.4 is 5.32 Å². The summed E-state index contributed by atoms with van der Waals surface area (Å²) in [7, 11) is 1.99. The van der Waals surface area contributed by atoms with Crippen LogP contribution in [0.15, 0.2) is 4.99 Å². The molecule has 1 aromatic rings. The van der Waals surface area contributed by atoms with Crippen molar-refractivity contribution >= 4 is 17.7 Å². The van der Waals surface area contributed by atoms with Gasteiger partial charge in [0.1, 0.15) is 12.4 Å². The second kappa shape index (κ2) is 9.15. The number of likely N-dealkylation sites (tertiary alicyclic amines) is 1. The lowest BCUT2D eigenvalue weighted by atomic mass is 10.00. The van der Waals surface area contributed by atoms with Crippen LogP contribution in [0.5, 0.6) is 0 Å². The van der Waals surface area contributed by atoms with Gasteiger partial charge in [0, 0.05) is 26.7 Å². The fourth-order valence-electron chi connectivity index (χ4n) is 2.64. The van der Waals surface area contributed by atoms with Gasteiger partial charge in [0.15, 0.2) is 11.8 Å². The van der Waals surface area contributed by atoms with Gasteiger partial charge in [-0.2, -0.15) is 11.8 Å². The molecule has 7 heteroatoms. The first-order valence-corrected chi connectivity index (χ1v) is 9.88.